The molecule has 0 fully saturated rings. The summed E-state index contributed by atoms with van der Waals surface area (Å²) in [6.07, 6.45) is 6.09. The number of hydrogen-bond donors (Lipinski definition) is 0. The van der Waals surface area contributed by atoms with Gasteiger partial charge in [-0.05, 0) is 54.6 Å². The van der Waals surface area contributed by atoms with Gasteiger partial charge >= 0.3 is 5.97 Å². The van der Waals surface area contributed by atoms with Gasteiger partial charge in [0.2, 0.25) is 0 Å². The summed E-state index contributed by atoms with van der Waals surface area (Å²) in [6, 6.07) is 4.14. The molecule has 0 saturated carbocycles. The number of carbonyl (C=O) groups is 1. The molecule has 0 radical (unpaired) electrons. The molecule has 0 aliphatic rings. The van der Waals surface area contributed by atoms with Gasteiger partial charge in [-0.1, -0.05) is 20.8 Å². The minimum absolute atomic E-state index is 0.132. The molecule has 0 unspecified atom stereocenters. The van der Waals surface area contributed by atoms with Crippen molar-refractivity contribution >= 4 is 38.7 Å². The van der Waals surface area contributed by atoms with Crippen molar-refractivity contribution in [2.24, 2.45) is 10.8 Å². The van der Waals surface area contributed by atoms with E-state index in [4.69, 9.17) is 9.47 Å². The van der Waals surface area contributed by atoms with Gasteiger partial charge in [-0.15, -0.1) is 22.7 Å². The van der Waals surface area contributed by atoms with Crippen LogP contribution in [-0.2, 0) is 20.8 Å². The Morgan fingerprint density at radius 1 is 1.12 bits per heavy atom. The van der Waals surface area contributed by atoms with Crippen molar-refractivity contribution in [1.82, 2.24) is 14.9 Å². The Bertz CT molecular complexity index is 1060. The van der Waals surface area contributed by atoms with Crippen molar-refractivity contribution in [2.45, 2.75) is 46.6 Å². The molecular formula is C25H35N3O3S2. The summed E-state index contributed by atoms with van der Waals surface area (Å²) in [7, 11) is 5.21. The number of aromatic nitrogens is 2. The molecule has 3 aromatic heterocycles. The maximum atomic E-state index is 13.0. The zero-order valence-corrected chi connectivity index (χ0v) is 22.1. The van der Waals surface area contributed by atoms with E-state index in [1.807, 2.05) is 18.5 Å². The summed E-state index contributed by atoms with van der Waals surface area (Å²) in [6.45, 7) is 8.45. The van der Waals surface area contributed by atoms with E-state index in [-0.39, 0.29) is 11.4 Å². The predicted molar refractivity (Wildman–Crippen MR) is 137 cm³/mol. The first-order valence-electron chi connectivity index (χ1n) is 11.2. The van der Waals surface area contributed by atoms with Crippen LogP contribution in [0.25, 0.3) is 20.8 Å². The SMILES string of the molecule is COCC[C@@](CCC(C)(C)C)(CN(C)Cc1cnc(-c2nccc3ccsc23)s1)C(=O)OC. The van der Waals surface area contributed by atoms with Gasteiger partial charge in [0, 0.05) is 44.1 Å². The Labute approximate surface area is 205 Å². The van der Waals surface area contributed by atoms with E-state index >= 15 is 0 Å². The van der Waals surface area contributed by atoms with Crippen LogP contribution in [0, 0.1) is 10.8 Å². The van der Waals surface area contributed by atoms with Gasteiger partial charge < -0.3 is 14.4 Å². The van der Waals surface area contributed by atoms with E-state index in [1.54, 1.807) is 29.8 Å². The Morgan fingerprint density at radius 3 is 2.61 bits per heavy atom. The average molecular weight is 490 g/mol. The third kappa shape index (κ3) is 6.59. The monoisotopic (exact) mass is 489 g/mol. The van der Waals surface area contributed by atoms with Crippen LogP contribution >= 0.6 is 22.7 Å². The number of nitrogens with zero attached hydrogens (tertiary/aromatic N) is 3. The molecule has 180 valence electrons. The lowest BCUT2D eigenvalue weighted by molar-refractivity contribution is -0.156. The largest absolute Gasteiger partial charge is 0.469 e. The fourth-order valence-corrected chi connectivity index (χ4v) is 6.00. The molecule has 0 saturated heterocycles. The van der Waals surface area contributed by atoms with Gasteiger partial charge in [-0.25, -0.2) is 4.98 Å². The van der Waals surface area contributed by atoms with Gasteiger partial charge in [-0.3, -0.25) is 9.78 Å². The number of carbonyl (C=O) groups excluding carboxylic acids is 1. The van der Waals surface area contributed by atoms with Crippen molar-refractivity contribution in [2.75, 3.05) is 34.4 Å². The van der Waals surface area contributed by atoms with Crippen molar-refractivity contribution in [3.63, 3.8) is 0 Å². The van der Waals surface area contributed by atoms with Crippen LogP contribution in [0.15, 0.2) is 29.9 Å². The zero-order chi connectivity index (χ0) is 24.1. The number of esters is 1. The topological polar surface area (TPSA) is 64.5 Å². The number of rotatable bonds is 11. The smallest absolute Gasteiger partial charge is 0.313 e. The predicted octanol–water partition coefficient (Wildman–Crippen LogP) is 5.87. The Morgan fingerprint density at radius 2 is 1.91 bits per heavy atom. The molecule has 0 aliphatic heterocycles. The molecule has 0 bridgehead atoms. The highest BCUT2D eigenvalue weighted by Gasteiger charge is 2.41. The van der Waals surface area contributed by atoms with Crippen LogP contribution in [0.3, 0.4) is 0 Å². The highest BCUT2D eigenvalue weighted by molar-refractivity contribution is 7.19. The minimum Gasteiger partial charge on any atom is -0.469 e. The van der Waals surface area contributed by atoms with E-state index in [9.17, 15) is 4.79 Å². The van der Waals surface area contributed by atoms with E-state index in [0.29, 0.717) is 26.1 Å². The second-order valence-corrected chi connectivity index (χ2v) is 11.9. The fraction of sp³-hybridized carbons (Fsp3) is 0.560. The molecule has 33 heavy (non-hydrogen) atoms. The van der Waals surface area contributed by atoms with Crippen molar-refractivity contribution < 1.29 is 14.3 Å². The molecule has 3 aromatic rings. The number of thiophene rings is 1. The molecule has 6 nitrogen and oxygen atoms in total. The van der Waals surface area contributed by atoms with Gasteiger partial charge in [0.05, 0.1) is 17.2 Å². The summed E-state index contributed by atoms with van der Waals surface area (Å²) in [5, 5.41) is 4.21. The molecule has 0 aromatic carbocycles. The summed E-state index contributed by atoms with van der Waals surface area (Å²) >= 11 is 3.35. The van der Waals surface area contributed by atoms with Gasteiger partial charge in [0.25, 0.3) is 0 Å². The summed E-state index contributed by atoms with van der Waals surface area (Å²) in [4.78, 5) is 25.6. The lowest BCUT2D eigenvalue weighted by Crippen LogP contribution is -2.44. The van der Waals surface area contributed by atoms with Crippen LogP contribution in [0.2, 0.25) is 0 Å². The normalized spacial score (nSPS) is 14.0. The molecule has 1 atom stereocenters. The molecule has 3 rings (SSSR count). The second-order valence-electron chi connectivity index (χ2n) is 9.88. The quantitative estimate of drug-likeness (QED) is 0.314. The first-order chi connectivity index (χ1) is 15.7. The number of fused-ring (bicyclic) bond motifs is 1. The van der Waals surface area contributed by atoms with Crippen LogP contribution in [0.5, 0.6) is 0 Å². The van der Waals surface area contributed by atoms with Crippen molar-refractivity contribution in [1.29, 1.82) is 0 Å². The highest BCUT2D eigenvalue weighted by atomic mass is 32.1. The van der Waals surface area contributed by atoms with Crippen LogP contribution in [0.1, 0.15) is 44.9 Å². The van der Waals surface area contributed by atoms with Gasteiger partial charge in [0.1, 0.15) is 10.7 Å². The Hall–Kier alpha value is -1.87. The average Bonchev–Trinajstić information content (AvgIpc) is 3.43. The summed E-state index contributed by atoms with van der Waals surface area (Å²) in [5.74, 6) is -0.158. The molecule has 0 spiro atoms. The third-order valence-electron chi connectivity index (χ3n) is 5.88. The molecule has 0 aliphatic carbocycles. The Balaban J connectivity index is 1.77. The van der Waals surface area contributed by atoms with E-state index in [0.717, 1.165) is 28.4 Å². The first kappa shape index (κ1) is 25.7. The van der Waals surface area contributed by atoms with Crippen LogP contribution in [-0.4, -0.2) is 55.3 Å². The minimum atomic E-state index is -0.607. The third-order valence-corrected chi connectivity index (χ3v) is 7.81. The Kier molecular flexibility index (Phi) is 8.61. The van der Waals surface area contributed by atoms with Crippen LogP contribution < -0.4 is 0 Å². The fourth-order valence-electron chi connectivity index (χ4n) is 4.05. The standard InChI is InChI=1S/C25H35N3O3S2/c1-24(2,3)9-10-25(11-13-30-5,23(29)31-6)17-28(4)16-19-15-27-22(33-19)20-21-18(7-12-26-20)8-14-32-21/h7-8,12,14-15H,9-11,13,16-17H2,1-6H3/t25-/m0/s1. The van der Waals surface area contributed by atoms with Crippen molar-refractivity contribution in [3.8, 4) is 10.7 Å². The number of ether oxygens (including phenoxy) is 2. The van der Waals surface area contributed by atoms with E-state index in [1.165, 1.54) is 17.2 Å². The van der Waals surface area contributed by atoms with E-state index in [2.05, 4.69) is 54.1 Å². The number of methoxy groups -OCH3 is 2. The lowest BCUT2D eigenvalue weighted by Gasteiger charge is -2.36. The molecular weight excluding hydrogens is 454 g/mol. The number of thiazole rings is 1. The van der Waals surface area contributed by atoms with Gasteiger partial charge in [-0.2, -0.15) is 0 Å². The van der Waals surface area contributed by atoms with Crippen LogP contribution in [0.4, 0.5) is 0 Å². The van der Waals surface area contributed by atoms with E-state index < -0.39 is 5.41 Å². The maximum absolute atomic E-state index is 13.0. The first-order valence-corrected chi connectivity index (χ1v) is 12.9. The van der Waals surface area contributed by atoms with Crippen molar-refractivity contribution in [3.05, 3.63) is 34.8 Å². The molecule has 8 heteroatoms. The highest BCUT2D eigenvalue weighted by Crippen LogP contribution is 2.37. The number of pyridine rings is 1. The number of hydrogen-bond acceptors (Lipinski definition) is 8. The molecule has 3 heterocycles. The lowest BCUT2D eigenvalue weighted by atomic mass is 9.75. The summed E-state index contributed by atoms with van der Waals surface area (Å²) in [5.41, 5.74) is 0.466. The van der Waals surface area contributed by atoms with Gasteiger partial charge in [0.15, 0.2) is 0 Å². The second kappa shape index (κ2) is 11.0. The molecule has 0 amide bonds. The zero-order valence-electron chi connectivity index (χ0n) is 20.5. The maximum Gasteiger partial charge on any atom is 0.313 e. The molecule has 0 N–H and O–H groups in total. The summed E-state index contributed by atoms with van der Waals surface area (Å²) < 4.78 is 11.8.